The number of ether oxygens (including phenoxy) is 1. The van der Waals surface area contributed by atoms with Crippen molar-refractivity contribution in [1.82, 2.24) is 15.1 Å². The number of carbonyl (C=O) groups excluding carboxylic acids is 1. The van der Waals surface area contributed by atoms with Gasteiger partial charge in [0.15, 0.2) is 0 Å². The zero-order valence-corrected chi connectivity index (χ0v) is 15.6. The highest BCUT2D eigenvalue weighted by atomic mass is 32.1. The van der Waals surface area contributed by atoms with Gasteiger partial charge in [0.1, 0.15) is 16.4 Å². The molecule has 1 saturated heterocycles. The number of rotatable bonds is 6. The van der Waals surface area contributed by atoms with Crippen molar-refractivity contribution in [2.45, 2.75) is 13.5 Å². The number of nitrogens with two attached hydrogens (primary N) is 1. The molecule has 0 saturated carbocycles. The summed E-state index contributed by atoms with van der Waals surface area (Å²) in [4.78, 5) is 16.9. The van der Waals surface area contributed by atoms with Gasteiger partial charge in [-0.3, -0.25) is 0 Å². The van der Waals surface area contributed by atoms with Crippen molar-refractivity contribution in [3.63, 3.8) is 0 Å². The predicted octanol–water partition coefficient (Wildman–Crippen LogP) is 1.08. The van der Waals surface area contributed by atoms with Crippen molar-refractivity contribution in [2.75, 3.05) is 39.8 Å². The molecule has 1 aliphatic heterocycles. The molecule has 0 radical (unpaired) electrons. The van der Waals surface area contributed by atoms with Gasteiger partial charge in [0.2, 0.25) is 0 Å². The maximum Gasteiger partial charge on any atom is 0.344 e. The number of nitrogens with one attached hydrogen (secondary N) is 1. The molecule has 1 fully saturated rings. The van der Waals surface area contributed by atoms with Gasteiger partial charge in [-0.1, -0.05) is 42.5 Å². The first-order valence-corrected chi connectivity index (χ1v) is 8.86. The lowest BCUT2D eigenvalue weighted by Crippen LogP contribution is -2.47. The van der Waals surface area contributed by atoms with Crippen LogP contribution in [0.4, 0.5) is 0 Å². The van der Waals surface area contributed by atoms with Gasteiger partial charge in [0.25, 0.3) is 0 Å². The molecule has 1 heterocycles. The Morgan fingerprint density at radius 1 is 1.24 bits per heavy atom. The van der Waals surface area contributed by atoms with Gasteiger partial charge in [-0.05, 0) is 19.5 Å². The molecule has 136 valence electrons. The molecule has 0 unspecified atom stereocenters. The Bertz CT molecular complexity index is 625. The standard InChI is InChI=1S/C18H26N4O2S/c1-3-24-18(23)15(16(19)22-11-9-21(2)10-12-22)17(25)20-13-14-7-5-4-6-8-14/h4-8H,3,9-13,19H2,1-2H3,(H,20,25)/b16-15-. The average molecular weight is 362 g/mol. The minimum Gasteiger partial charge on any atom is -0.462 e. The minimum absolute atomic E-state index is 0.248. The highest BCUT2D eigenvalue weighted by molar-refractivity contribution is 7.80. The molecule has 6 nitrogen and oxygen atoms in total. The van der Waals surface area contributed by atoms with Crippen molar-refractivity contribution in [1.29, 1.82) is 0 Å². The van der Waals surface area contributed by atoms with Crippen LogP contribution >= 0.6 is 12.2 Å². The number of thiocarbonyl (C=S) groups is 1. The third-order valence-electron chi connectivity index (χ3n) is 4.10. The molecular formula is C18H26N4O2S. The summed E-state index contributed by atoms with van der Waals surface area (Å²) in [5.41, 5.74) is 7.62. The first-order valence-electron chi connectivity index (χ1n) is 8.45. The SMILES string of the molecule is CCOC(=O)/C(C(=S)NCc1ccccc1)=C(/N)N1CCN(C)CC1. The number of hydrogen-bond donors (Lipinski definition) is 2. The summed E-state index contributed by atoms with van der Waals surface area (Å²) in [6.07, 6.45) is 0. The largest absolute Gasteiger partial charge is 0.462 e. The van der Waals surface area contributed by atoms with Gasteiger partial charge >= 0.3 is 5.97 Å². The molecule has 0 aliphatic carbocycles. The summed E-state index contributed by atoms with van der Waals surface area (Å²) < 4.78 is 5.17. The zero-order valence-electron chi connectivity index (χ0n) is 14.8. The first kappa shape index (κ1) is 19.2. The summed E-state index contributed by atoms with van der Waals surface area (Å²) in [6.45, 7) is 5.86. The van der Waals surface area contributed by atoms with Crippen molar-refractivity contribution >= 4 is 23.2 Å². The topological polar surface area (TPSA) is 70.8 Å². The molecule has 0 amide bonds. The van der Waals surface area contributed by atoms with Crippen LogP contribution in [0.15, 0.2) is 41.7 Å². The van der Waals surface area contributed by atoms with Crippen molar-refractivity contribution in [3.8, 4) is 0 Å². The number of likely N-dealkylation sites (N-methyl/N-ethyl adjacent to an activating group) is 1. The Kier molecular flexibility index (Phi) is 7.21. The van der Waals surface area contributed by atoms with E-state index in [-0.39, 0.29) is 12.2 Å². The van der Waals surface area contributed by atoms with E-state index in [1.807, 2.05) is 35.2 Å². The van der Waals surface area contributed by atoms with Crippen LogP contribution < -0.4 is 11.1 Å². The van der Waals surface area contributed by atoms with Gasteiger partial charge in [-0.2, -0.15) is 0 Å². The van der Waals surface area contributed by atoms with Crippen molar-refractivity contribution in [2.24, 2.45) is 5.73 Å². The van der Waals surface area contributed by atoms with Crippen LogP contribution in [0.2, 0.25) is 0 Å². The molecule has 0 bridgehead atoms. The van der Waals surface area contributed by atoms with Crippen LogP contribution in [-0.2, 0) is 16.1 Å². The molecule has 2 rings (SSSR count). The van der Waals surface area contributed by atoms with E-state index >= 15 is 0 Å². The molecule has 25 heavy (non-hydrogen) atoms. The number of esters is 1. The normalized spacial score (nSPS) is 16.2. The molecule has 0 atom stereocenters. The Balaban J connectivity index is 2.15. The number of carbonyl (C=O) groups is 1. The first-order chi connectivity index (χ1) is 12.0. The summed E-state index contributed by atoms with van der Waals surface area (Å²) in [6, 6.07) is 9.86. The molecule has 7 heteroatoms. The molecule has 1 aromatic carbocycles. The van der Waals surface area contributed by atoms with Crippen LogP contribution in [-0.4, -0.2) is 60.6 Å². The van der Waals surface area contributed by atoms with Crippen LogP contribution in [0.3, 0.4) is 0 Å². The van der Waals surface area contributed by atoms with Crippen molar-refractivity contribution in [3.05, 3.63) is 47.3 Å². The molecule has 3 N–H and O–H groups in total. The van der Waals surface area contributed by atoms with Crippen molar-refractivity contribution < 1.29 is 9.53 Å². The lowest BCUT2D eigenvalue weighted by Gasteiger charge is -2.34. The maximum absolute atomic E-state index is 12.4. The lowest BCUT2D eigenvalue weighted by molar-refractivity contribution is -0.138. The Morgan fingerprint density at radius 3 is 2.48 bits per heavy atom. The summed E-state index contributed by atoms with van der Waals surface area (Å²) >= 11 is 5.45. The number of benzene rings is 1. The second-order valence-electron chi connectivity index (χ2n) is 5.94. The number of hydrogen-bond acceptors (Lipinski definition) is 6. The van der Waals surface area contributed by atoms with E-state index in [9.17, 15) is 4.79 Å². The van der Waals surface area contributed by atoms with Crippen LogP contribution in [0.25, 0.3) is 0 Å². The number of nitrogens with zero attached hydrogens (tertiary/aromatic N) is 2. The van der Waals surface area contributed by atoms with Crippen LogP contribution in [0, 0.1) is 0 Å². The smallest absolute Gasteiger partial charge is 0.344 e. The second kappa shape index (κ2) is 9.39. The Morgan fingerprint density at radius 2 is 1.88 bits per heavy atom. The maximum atomic E-state index is 12.4. The molecular weight excluding hydrogens is 336 g/mol. The third-order valence-corrected chi connectivity index (χ3v) is 4.45. The monoisotopic (exact) mass is 362 g/mol. The van der Waals surface area contributed by atoms with E-state index in [1.165, 1.54) is 0 Å². The van der Waals surface area contributed by atoms with Gasteiger partial charge in [-0.25, -0.2) is 4.79 Å². The Hall–Kier alpha value is -2.12. The van der Waals surface area contributed by atoms with E-state index in [1.54, 1.807) is 6.92 Å². The predicted molar refractivity (Wildman–Crippen MR) is 103 cm³/mol. The van der Waals surface area contributed by atoms with Gasteiger partial charge in [-0.15, -0.1) is 0 Å². The van der Waals surface area contributed by atoms with E-state index in [4.69, 9.17) is 22.7 Å². The third kappa shape index (κ3) is 5.44. The van der Waals surface area contributed by atoms with E-state index in [2.05, 4.69) is 17.3 Å². The van der Waals surface area contributed by atoms with E-state index < -0.39 is 5.97 Å². The molecule has 0 aromatic heterocycles. The number of piperazine rings is 1. The van der Waals surface area contributed by atoms with Gasteiger partial charge in [0, 0.05) is 32.7 Å². The second-order valence-corrected chi connectivity index (χ2v) is 6.35. The van der Waals surface area contributed by atoms with Gasteiger partial charge < -0.3 is 25.6 Å². The summed E-state index contributed by atoms with van der Waals surface area (Å²) in [5, 5.41) is 3.12. The fourth-order valence-electron chi connectivity index (χ4n) is 2.59. The van der Waals surface area contributed by atoms with Gasteiger partial charge in [0.05, 0.1) is 6.61 Å². The fourth-order valence-corrected chi connectivity index (χ4v) is 2.85. The highest BCUT2D eigenvalue weighted by Crippen LogP contribution is 2.12. The summed E-state index contributed by atoms with van der Waals surface area (Å²) in [7, 11) is 2.07. The fraction of sp³-hybridized carbons (Fsp3) is 0.444. The van der Waals surface area contributed by atoms with E-state index in [0.29, 0.717) is 17.4 Å². The van der Waals surface area contributed by atoms with Crippen LogP contribution in [0.1, 0.15) is 12.5 Å². The lowest BCUT2D eigenvalue weighted by atomic mass is 10.2. The zero-order chi connectivity index (χ0) is 18.2. The molecule has 0 spiro atoms. The highest BCUT2D eigenvalue weighted by Gasteiger charge is 2.25. The van der Waals surface area contributed by atoms with Crippen LogP contribution in [0.5, 0.6) is 0 Å². The summed E-state index contributed by atoms with van der Waals surface area (Å²) in [5.74, 6) is -0.0957. The quantitative estimate of drug-likeness (QED) is 0.446. The minimum atomic E-state index is -0.482. The molecule has 1 aliphatic rings. The average Bonchev–Trinajstić information content (AvgIpc) is 2.62. The molecule has 1 aromatic rings. The Labute approximate surface area is 154 Å². The van der Waals surface area contributed by atoms with E-state index in [0.717, 1.165) is 31.7 Å².